The zero-order valence-corrected chi connectivity index (χ0v) is 12.1. The Morgan fingerprint density at radius 3 is 2.58 bits per heavy atom. The van der Waals surface area contributed by atoms with Crippen LogP contribution >= 0.6 is 0 Å². The van der Waals surface area contributed by atoms with Gasteiger partial charge in [0.2, 0.25) is 0 Å². The van der Waals surface area contributed by atoms with E-state index in [2.05, 4.69) is 18.2 Å². The summed E-state index contributed by atoms with van der Waals surface area (Å²) in [6, 6.07) is 8.43. The molecule has 1 aromatic carbocycles. The molecule has 1 fully saturated rings. The molecule has 19 heavy (non-hydrogen) atoms. The molecule has 1 aliphatic carbocycles. The maximum absolute atomic E-state index is 6.04. The van der Waals surface area contributed by atoms with Crippen molar-refractivity contribution in [1.82, 2.24) is 0 Å². The van der Waals surface area contributed by atoms with Crippen LogP contribution in [-0.4, -0.2) is 13.7 Å². The third-order valence-electron chi connectivity index (χ3n) is 4.50. The summed E-state index contributed by atoms with van der Waals surface area (Å²) in [5, 5.41) is 0. The van der Waals surface area contributed by atoms with Crippen LogP contribution in [0.15, 0.2) is 24.3 Å². The number of nitrogens with two attached hydrogens (primary N) is 1. The lowest BCUT2D eigenvalue weighted by Crippen LogP contribution is -2.25. The number of hydrogen-bond acceptors (Lipinski definition) is 2. The van der Waals surface area contributed by atoms with Gasteiger partial charge in [0, 0.05) is 0 Å². The van der Waals surface area contributed by atoms with Crippen molar-refractivity contribution in [3.63, 3.8) is 0 Å². The van der Waals surface area contributed by atoms with Crippen LogP contribution in [0.1, 0.15) is 44.1 Å². The van der Waals surface area contributed by atoms with Gasteiger partial charge in [-0.1, -0.05) is 50.7 Å². The number of rotatable bonds is 5. The first kappa shape index (κ1) is 14.4. The fraction of sp³-hybridized carbons (Fsp3) is 0.647. The number of benzene rings is 1. The summed E-state index contributed by atoms with van der Waals surface area (Å²) in [4.78, 5) is 0. The maximum Gasteiger partial charge on any atom is 0.119 e. The monoisotopic (exact) mass is 261 g/mol. The molecule has 1 saturated carbocycles. The number of methoxy groups -OCH3 is 1. The van der Waals surface area contributed by atoms with Crippen molar-refractivity contribution in [3.05, 3.63) is 29.8 Å². The number of hydrogen-bond donors (Lipinski definition) is 1. The van der Waals surface area contributed by atoms with E-state index in [1.165, 1.54) is 44.1 Å². The highest BCUT2D eigenvalue weighted by molar-refractivity contribution is 5.28. The lowest BCUT2D eigenvalue weighted by atomic mass is 9.82. The summed E-state index contributed by atoms with van der Waals surface area (Å²) in [7, 11) is 1.73. The summed E-state index contributed by atoms with van der Waals surface area (Å²) >= 11 is 0. The van der Waals surface area contributed by atoms with Crippen LogP contribution in [-0.2, 0) is 6.42 Å². The van der Waals surface area contributed by atoms with Gasteiger partial charge in [0.05, 0.1) is 7.11 Å². The van der Waals surface area contributed by atoms with Crippen molar-refractivity contribution in [2.75, 3.05) is 13.7 Å². The first-order chi connectivity index (χ1) is 9.33. The fourth-order valence-electron chi connectivity index (χ4n) is 3.33. The Bertz CT molecular complexity index is 369. The predicted octanol–water partition coefficient (Wildman–Crippen LogP) is 3.78. The largest absolute Gasteiger partial charge is 0.497 e. The van der Waals surface area contributed by atoms with Crippen molar-refractivity contribution in [2.45, 2.75) is 44.9 Å². The third kappa shape index (κ3) is 4.24. The van der Waals surface area contributed by atoms with E-state index in [9.17, 15) is 0 Å². The highest BCUT2D eigenvalue weighted by atomic mass is 16.5. The minimum Gasteiger partial charge on any atom is -0.497 e. The van der Waals surface area contributed by atoms with Crippen LogP contribution in [0.4, 0.5) is 0 Å². The van der Waals surface area contributed by atoms with Crippen LogP contribution in [0, 0.1) is 11.8 Å². The molecule has 0 radical (unpaired) electrons. The molecule has 0 amide bonds. The van der Waals surface area contributed by atoms with Gasteiger partial charge in [-0.2, -0.15) is 0 Å². The lowest BCUT2D eigenvalue weighted by molar-refractivity contribution is 0.302. The van der Waals surface area contributed by atoms with Crippen molar-refractivity contribution in [1.29, 1.82) is 0 Å². The van der Waals surface area contributed by atoms with E-state index >= 15 is 0 Å². The van der Waals surface area contributed by atoms with Gasteiger partial charge in [-0.25, -0.2) is 0 Å². The Morgan fingerprint density at radius 2 is 1.95 bits per heavy atom. The van der Waals surface area contributed by atoms with Crippen molar-refractivity contribution >= 4 is 0 Å². The normalized spacial score (nSPS) is 18.8. The zero-order chi connectivity index (χ0) is 13.5. The SMILES string of the molecule is COc1cccc(CC(CN)C2CCCCCC2)c1. The number of ether oxygens (including phenoxy) is 1. The second kappa shape index (κ2) is 7.54. The van der Waals surface area contributed by atoms with Crippen LogP contribution in [0.5, 0.6) is 5.75 Å². The molecule has 1 aromatic rings. The van der Waals surface area contributed by atoms with Gasteiger partial charge in [-0.3, -0.25) is 0 Å². The van der Waals surface area contributed by atoms with Gasteiger partial charge in [-0.05, 0) is 42.5 Å². The molecule has 0 heterocycles. The van der Waals surface area contributed by atoms with Crippen molar-refractivity contribution in [2.24, 2.45) is 17.6 Å². The Labute approximate surface area is 117 Å². The summed E-state index contributed by atoms with van der Waals surface area (Å²) in [5.41, 5.74) is 7.40. The molecule has 1 aliphatic rings. The molecular weight excluding hydrogens is 234 g/mol. The van der Waals surface area contributed by atoms with E-state index in [0.29, 0.717) is 5.92 Å². The molecule has 0 bridgehead atoms. The molecule has 2 heteroatoms. The van der Waals surface area contributed by atoms with Gasteiger partial charge >= 0.3 is 0 Å². The lowest BCUT2D eigenvalue weighted by Gasteiger charge is -2.25. The third-order valence-corrected chi connectivity index (χ3v) is 4.50. The topological polar surface area (TPSA) is 35.2 Å². The maximum atomic E-state index is 6.04. The average molecular weight is 261 g/mol. The standard InChI is InChI=1S/C17H27NO/c1-19-17-10-6-7-14(12-17)11-16(13-18)15-8-4-2-3-5-9-15/h6-7,10,12,15-16H,2-5,8-9,11,13,18H2,1H3. The Balaban J connectivity index is 2.00. The predicted molar refractivity (Wildman–Crippen MR) is 80.4 cm³/mol. The fourth-order valence-corrected chi connectivity index (χ4v) is 3.33. The molecule has 0 aliphatic heterocycles. The van der Waals surface area contributed by atoms with Gasteiger partial charge in [-0.15, -0.1) is 0 Å². The molecule has 2 nitrogen and oxygen atoms in total. The van der Waals surface area contributed by atoms with E-state index < -0.39 is 0 Å². The van der Waals surface area contributed by atoms with Gasteiger partial charge in [0.15, 0.2) is 0 Å². The molecule has 2 N–H and O–H groups in total. The van der Waals surface area contributed by atoms with Crippen LogP contribution < -0.4 is 10.5 Å². The highest BCUT2D eigenvalue weighted by Gasteiger charge is 2.21. The van der Waals surface area contributed by atoms with E-state index in [1.807, 2.05) is 6.07 Å². The molecular formula is C17H27NO. The van der Waals surface area contributed by atoms with Crippen LogP contribution in [0.3, 0.4) is 0 Å². The summed E-state index contributed by atoms with van der Waals surface area (Å²) in [6.07, 6.45) is 9.43. The van der Waals surface area contributed by atoms with E-state index in [0.717, 1.165) is 24.6 Å². The van der Waals surface area contributed by atoms with Crippen LogP contribution in [0.25, 0.3) is 0 Å². The van der Waals surface area contributed by atoms with E-state index in [1.54, 1.807) is 7.11 Å². The smallest absolute Gasteiger partial charge is 0.119 e. The van der Waals surface area contributed by atoms with Crippen molar-refractivity contribution < 1.29 is 4.74 Å². The first-order valence-corrected chi connectivity index (χ1v) is 7.66. The summed E-state index contributed by atoms with van der Waals surface area (Å²) < 4.78 is 5.30. The van der Waals surface area contributed by atoms with Gasteiger partial charge < -0.3 is 10.5 Å². The summed E-state index contributed by atoms with van der Waals surface area (Å²) in [5.74, 6) is 2.40. The zero-order valence-electron chi connectivity index (χ0n) is 12.1. The Hall–Kier alpha value is -1.02. The molecule has 0 spiro atoms. The Kier molecular flexibility index (Phi) is 5.71. The Morgan fingerprint density at radius 1 is 1.21 bits per heavy atom. The van der Waals surface area contributed by atoms with Crippen molar-refractivity contribution in [3.8, 4) is 5.75 Å². The van der Waals surface area contributed by atoms with E-state index in [-0.39, 0.29) is 0 Å². The van der Waals surface area contributed by atoms with E-state index in [4.69, 9.17) is 10.5 Å². The second-order valence-corrected chi connectivity index (χ2v) is 5.80. The quantitative estimate of drug-likeness (QED) is 0.819. The minimum absolute atomic E-state index is 0.630. The molecule has 106 valence electrons. The average Bonchev–Trinajstić information content (AvgIpc) is 2.74. The molecule has 1 unspecified atom stereocenters. The van der Waals surface area contributed by atoms with Crippen LogP contribution in [0.2, 0.25) is 0 Å². The summed E-state index contributed by atoms with van der Waals surface area (Å²) in [6.45, 7) is 0.807. The molecule has 2 rings (SSSR count). The highest BCUT2D eigenvalue weighted by Crippen LogP contribution is 2.31. The van der Waals surface area contributed by atoms with Gasteiger partial charge in [0.25, 0.3) is 0 Å². The molecule has 1 atom stereocenters. The second-order valence-electron chi connectivity index (χ2n) is 5.80. The molecule has 0 aromatic heterocycles. The molecule has 0 saturated heterocycles. The first-order valence-electron chi connectivity index (χ1n) is 7.66. The van der Waals surface area contributed by atoms with Gasteiger partial charge in [0.1, 0.15) is 5.75 Å². The minimum atomic E-state index is 0.630.